The van der Waals surface area contributed by atoms with E-state index in [1.807, 2.05) is 36.5 Å². The summed E-state index contributed by atoms with van der Waals surface area (Å²) in [5.74, 6) is 0.0574. The lowest BCUT2D eigenvalue weighted by Gasteiger charge is -2.09. The molecule has 0 saturated heterocycles. The second-order valence-corrected chi connectivity index (χ2v) is 7.54. The van der Waals surface area contributed by atoms with Gasteiger partial charge in [-0.3, -0.25) is 4.79 Å². The highest BCUT2D eigenvalue weighted by atomic mass is 16.4. The fourth-order valence-electron chi connectivity index (χ4n) is 3.74. The highest BCUT2D eigenvalue weighted by Gasteiger charge is 2.17. The van der Waals surface area contributed by atoms with Crippen LogP contribution < -0.4 is 10.9 Å². The average Bonchev–Trinajstić information content (AvgIpc) is 3.16. The number of nitrogens with one attached hydrogen (secondary N) is 2. The molecule has 0 spiro atoms. The molecule has 0 unspecified atom stereocenters. The zero-order chi connectivity index (χ0) is 21.8. The molecule has 2 aromatic heterocycles. The van der Waals surface area contributed by atoms with Crippen molar-refractivity contribution in [3.8, 4) is 0 Å². The number of hydrogen-bond acceptors (Lipinski definition) is 4. The maximum Gasteiger partial charge on any atom is 0.349 e. The predicted molar refractivity (Wildman–Crippen MR) is 121 cm³/mol. The van der Waals surface area contributed by atoms with E-state index in [2.05, 4.69) is 16.4 Å². The molecule has 0 radical (unpaired) electrons. The number of para-hydroxylation sites is 1. The molecule has 31 heavy (non-hydrogen) atoms. The van der Waals surface area contributed by atoms with Crippen molar-refractivity contribution in [2.75, 3.05) is 11.9 Å². The van der Waals surface area contributed by atoms with E-state index in [0.717, 1.165) is 28.5 Å². The summed E-state index contributed by atoms with van der Waals surface area (Å²) in [5.41, 5.74) is 3.73. The Morgan fingerprint density at radius 3 is 2.58 bits per heavy atom. The summed E-state index contributed by atoms with van der Waals surface area (Å²) < 4.78 is 5.46. The van der Waals surface area contributed by atoms with Gasteiger partial charge in [-0.15, -0.1) is 0 Å². The van der Waals surface area contributed by atoms with Crippen LogP contribution in [0.3, 0.4) is 0 Å². The minimum Gasteiger partial charge on any atom is -0.427 e. The summed E-state index contributed by atoms with van der Waals surface area (Å²) in [6.45, 7) is 1.81. The Bertz CT molecular complexity index is 1270. The Balaban J connectivity index is 1.47. The second kappa shape index (κ2) is 9.02. The third kappa shape index (κ3) is 4.59. The van der Waals surface area contributed by atoms with Crippen molar-refractivity contribution in [3.63, 3.8) is 0 Å². The van der Waals surface area contributed by atoms with Crippen molar-refractivity contribution < 1.29 is 14.3 Å². The van der Waals surface area contributed by atoms with Gasteiger partial charge in [0.05, 0.1) is 0 Å². The molecule has 0 saturated carbocycles. The number of aliphatic hydroxyl groups excluding tert-OH is 1. The first-order valence-corrected chi connectivity index (χ1v) is 10.2. The SMILES string of the molecule is Cc1cc(CCc2c[nH]c3ccccc23)oc(=O)c1C(=O)Nc1ccc(CCO)cc1. The number of aromatic nitrogens is 1. The number of amides is 1. The van der Waals surface area contributed by atoms with Crippen LogP contribution in [0.1, 0.15) is 32.8 Å². The van der Waals surface area contributed by atoms with Crippen molar-refractivity contribution in [2.45, 2.75) is 26.2 Å². The van der Waals surface area contributed by atoms with Gasteiger partial charge in [0.15, 0.2) is 0 Å². The molecule has 2 aromatic carbocycles. The van der Waals surface area contributed by atoms with E-state index in [0.29, 0.717) is 29.9 Å². The lowest BCUT2D eigenvalue weighted by atomic mass is 10.1. The van der Waals surface area contributed by atoms with Crippen molar-refractivity contribution in [3.05, 3.63) is 99.2 Å². The number of carbonyl (C=O) groups excluding carboxylic acids is 1. The van der Waals surface area contributed by atoms with Gasteiger partial charge in [-0.25, -0.2) is 4.79 Å². The third-order valence-corrected chi connectivity index (χ3v) is 5.35. The number of carbonyl (C=O) groups is 1. The lowest BCUT2D eigenvalue weighted by Crippen LogP contribution is -2.23. The van der Waals surface area contributed by atoms with E-state index in [9.17, 15) is 9.59 Å². The monoisotopic (exact) mass is 416 g/mol. The summed E-state index contributed by atoms with van der Waals surface area (Å²) in [4.78, 5) is 28.4. The van der Waals surface area contributed by atoms with Gasteiger partial charge in [0, 0.05) is 35.8 Å². The van der Waals surface area contributed by atoms with Crippen LogP contribution in [-0.2, 0) is 19.3 Å². The number of aryl methyl sites for hydroxylation is 3. The Morgan fingerprint density at radius 2 is 1.84 bits per heavy atom. The van der Waals surface area contributed by atoms with Gasteiger partial charge < -0.3 is 19.8 Å². The van der Waals surface area contributed by atoms with Gasteiger partial charge in [0.2, 0.25) is 0 Å². The van der Waals surface area contributed by atoms with Gasteiger partial charge in [-0.1, -0.05) is 30.3 Å². The van der Waals surface area contributed by atoms with Crippen molar-refractivity contribution in [2.24, 2.45) is 0 Å². The highest BCUT2D eigenvalue weighted by molar-refractivity contribution is 6.04. The average molecular weight is 416 g/mol. The summed E-state index contributed by atoms with van der Waals surface area (Å²) in [5, 5.41) is 12.9. The minimum absolute atomic E-state index is 0.00952. The van der Waals surface area contributed by atoms with Crippen LogP contribution in [0.2, 0.25) is 0 Å². The smallest absolute Gasteiger partial charge is 0.349 e. The van der Waals surface area contributed by atoms with E-state index in [-0.39, 0.29) is 12.2 Å². The first kappa shape index (κ1) is 20.6. The second-order valence-electron chi connectivity index (χ2n) is 7.54. The van der Waals surface area contributed by atoms with Crippen LogP contribution in [0.25, 0.3) is 10.9 Å². The minimum atomic E-state index is -0.636. The van der Waals surface area contributed by atoms with Crippen LogP contribution in [-0.4, -0.2) is 22.6 Å². The quantitative estimate of drug-likeness (QED) is 0.424. The summed E-state index contributed by atoms with van der Waals surface area (Å²) in [7, 11) is 0. The van der Waals surface area contributed by atoms with Crippen LogP contribution in [0.5, 0.6) is 0 Å². The number of aromatic amines is 1. The molecule has 3 N–H and O–H groups in total. The largest absolute Gasteiger partial charge is 0.427 e. The maximum atomic E-state index is 12.7. The summed E-state index contributed by atoms with van der Waals surface area (Å²) in [6.07, 6.45) is 3.81. The molecule has 6 heteroatoms. The van der Waals surface area contributed by atoms with Crippen molar-refractivity contribution in [1.82, 2.24) is 4.98 Å². The number of fused-ring (bicyclic) bond motifs is 1. The number of anilines is 1. The van der Waals surface area contributed by atoms with Gasteiger partial charge >= 0.3 is 5.63 Å². The zero-order valence-electron chi connectivity index (χ0n) is 17.3. The first-order chi connectivity index (χ1) is 15.0. The van der Waals surface area contributed by atoms with Crippen LogP contribution in [0, 0.1) is 6.92 Å². The molecule has 0 atom stereocenters. The van der Waals surface area contributed by atoms with Crippen LogP contribution in [0.4, 0.5) is 5.69 Å². The summed E-state index contributed by atoms with van der Waals surface area (Å²) in [6, 6.07) is 17.0. The van der Waals surface area contributed by atoms with E-state index in [1.165, 1.54) is 0 Å². The third-order valence-electron chi connectivity index (χ3n) is 5.35. The maximum absolute atomic E-state index is 12.7. The first-order valence-electron chi connectivity index (χ1n) is 10.2. The molecule has 2 heterocycles. The van der Waals surface area contributed by atoms with Crippen LogP contribution in [0.15, 0.2) is 70.0 Å². The zero-order valence-corrected chi connectivity index (χ0v) is 17.3. The molecule has 0 aliphatic heterocycles. The summed E-state index contributed by atoms with van der Waals surface area (Å²) >= 11 is 0. The van der Waals surface area contributed by atoms with Crippen molar-refractivity contribution in [1.29, 1.82) is 0 Å². The Labute approximate surface area is 179 Å². The highest BCUT2D eigenvalue weighted by Crippen LogP contribution is 2.20. The van der Waals surface area contributed by atoms with Crippen molar-refractivity contribution >= 4 is 22.5 Å². The van der Waals surface area contributed by atoms with E-state index < -0.39 is 11.5 Å². The number of hydrogen-bond donors (Lipinski definition) is 3. The Kier molecular flexibility index (Phi) is 6.00. The standard InChI is InChI=1S/C25H24N2O4/c1-16-14-20(11-8-18-15-26-22-5-3-2-4-21(18)22)31-25(30)23(16)24(29)27-19-9-6-17(7-10-19)12-13-28/h2-7,9-10,14-15,26,28H,8,11-13H2,1H3,(H,27,29). The molecule has 4 aromatic rings. The lowest BCUT2D eigenvalue weighted by molar-refractivity contribution is 0.102. The molecule has 0 bridgehead atoms. The Morgan fingerprint density at radius 1 is 1.06 bits per heavy atom. The number of benzene rings is 2. The normalized spacial score (nSPS) is 11.0. The fraction of sp³-hybridized carbons (Fsp3) is 0.200. The van der Waals surface area contributed by atoms with E-state index in [1.54, 1.807) is 25.1 Å². The van der Waals surface area contributed by atoms with Gasteiger partial charge in [0.1, 0.15) is 11.3 Å². The number of H-pyrrole nitrogens is 1. The molecule has 158 valence electrons. The van der Waals surface area contributed by atoms with Gasteiger partial charge in [-0.2, -0.15) is 0 Å². The predicted octanol–water partition coefficient (Wildman–Crippen LogP) is 4.00. The fourth-order valence-corrected chi connectivity index (χ4v) is 3.74. The topological polar surface area (TPSA) is 95.3 Å². The molecule has 1 amide bonds. The van der Waals surface area contributed by atoms with E-state index >= 15 is 0 Å². The molecular weight excluding hydrogens is 392 g/mol. The molecular formula is C25H24N2O4. The number of rotatable bonds is 7. The van der Waals surface area contributed by atoms with Crippen LogP contribution >= 0.6 is 0 Å². The van der Waals surface area contributed by atoms with Gasteiger partial charge in [-0.05, 0) is 60.7 Å². The molecule has 4 rings (SSSR count). The molecule has 6 nitrogen and oxygen atoms in total. The molecule has 0 aliphatic rings. The molecule has 0 fully saturated rings. The molecule has 0 aliphatic carbocycles. The van der Waals surface area contributed by atoms with Gasteiger partial charge in [0.25, 0.3) is 5.91 Å². The van der Waals surface area contributed by atoms with E-state index in [4.69, 9.17) is 9.52 Å². The Hall–Kier alpha value is -3.64. The number of aliphatic hydroxyl groups is 1.